The topological polar surface area (TPSA) is 41.1 Å². The molecule has 1 heterocycles. The monoisotopic (exact) mass is 284 g/mol. The van der Waals surface area contributed by atoms with Crippen molar-refractivity contribution in [3.63, 3.8) is 0 Å². The normalized spacial score (nSPS) is 13.2. The molecule has 0 spiro atoms. The summed E-state index contributed by atoms with van der Waals surface area (Å²) in [5, 5.41) is 5.96. The van der Waals surface area contributed by atoms with Crippen LogP contribution >= 0.6 is 0 Å². The van der Waals surface area contributed by atoms with Crippen LogP contribution in [-0.2, 0) is 6.42 Å². The maximum absolute atomic E-state index is 13.8. The molecule has 2 N–H and O–H groups in total. The van der Waals surface area contributed by atoms with E-state index in [4.69, 9.17) is 0 Å². The number of hydrogen-bond donors (Lipinski definition) is 2. The minimum Gasteiger partial charge on any atom is -0.384 e. The third-order valence-electron chi connectivity index (χ3n) is 3.78. The number of para-hydroxylation sites is 2. The second-order valence-electron chi connectivity index (χ2n) is 5.26. The van der Waals surface area contributed by atoms with E-state index < -0.39 is 5.82 Å². The molecule has 2 aromatic carbocycles. The molecule has 0 aliphatic carbocycles. The third-order valence-corrected chi connectivity index (χ3v) is 3.78. The van der Waals surface area contributed by atoms with Crippen LogP contribution in [0.25, 0.3) is 0 Å². The predicted octanol–water partition coefficient (Wildman–Crippen LogP) is 3.74. The van der Waals surface area contributed by atoms with Gasteiger partial charge in [0.15, 0.2) is 0 Å². The molecule has 21 heavy (non-hydrogen) atoms. The number of amides is 1. The second kappa shape index (κ2) is 5.56. The number of nitrogens with one attached hydrogen (secondary N) is 2. The molecule has 0 unspecified atom stereocenters. The molecule has 1 amide bonds. The number of carbonyl (C=O) groups is 1. The van der Waals surface area contributed by atoms with E-state index in [1.807, 2.05) is 12.1 Å². The fourth-order valence-electron chi connectivity index (χ4n) is 2.67. The van der Waals surface area contributed by atoms with Crippen molar-refractivity contribution in [1.82, 2.24) is 0 Å². The van der Waals surface area contributed by atoms with E-state index in [1.54, 1.807) is 25.1 Å². The first kappa shape index (κ1) is 13.6. The predicted molar refractivity (Wildman–Crippen MR) is 82.3 cm³/mol. The van der Waals surface area contributed by atoms with Gasteiger partial charge in [-0.05, 0) is 43.0 Å². The Hall–Kier alpha value is -2.36. The van der Waals surface area contributed by atoms with Gasteiger partial charge in [0.1, 0.15) is 5.82 Å². The molecule has 0 saturated heterocycles. The quantitative estimate of drug-likeness (QED) is 0.882. The summed E-state index contributed by atoms with van der Waals surface area (Å²) < 4.78 is 13.8. The fourth-order valence-corrected chi connectivity index (χ4v) is 2.67. The molecule has 3 nitrogen and oxygen atoms in total. The van der Waals surface area contributed by atoms with Gasteiger partial charge in [0, 0.05) is 6.54 Å². The van der Waals surface area contributed by atoms with Gasteiger partial charge >= 0.3 is 0 Å². The van der Waals surface area contributed by atoms with Crippen molar-refractivity contribution in [2.45, 2.75) is 19.8 Å². The first-order valence-electron chi connectivity index (χ1n) is 7.09. The number of aryl methyl sites for hydroxylation is 2. The number of anilines is 2. The summed E-state index contributed by atoms with van der Waals surface area (Å²) in [4.78, 5) is 12.5. The van der Waals surface area contributed by atoms with Gasteiger partial charge < -0.3 is 10.6 Å². The van der Waals surface area contributed by atoms with Crippen LogP contribution in [0.1, 0.15) is 27.9 Å². The van der Waals surface area contributed by atoms with Gasteiger partial charge in [-0.25, -0.2) is 4.39 Å². The van der Waals surface area contributed by atoms with Crippen molar-refractivity contribution in [2.75, 3.05) is 17.2 Å². The highest BCUT2D eigenvalue weighted by atomic mass is 19.1. The lowest BCUT2D eigenvalue weighted by Gasteiger charge is -2.21. The summed E-state index contributed by atoms with van der Waals surface area (Å²) in [5.41, 5.74) is 3.53. The number of hydrogen-bond acceptors (Lipinski definition) is 2. The van der Waals surface area contributed by atoms with Crippen molar-refractivity contribution < 1.29 is 9.18 Å². The van der Waals surface area contributed by atoms with Crippen LogP contribution in [0.2, 0.25) is 0 Å². The minimum absolute atomic E-state index is 0.246. The number of rotatable bonds is 2. The smallest absolute Gasteiger partial charge is 0.257 e. The molecule has 0 aromatic heterocycles. The highest BCUT2D eigenvalue weighted by molar-refractivity contribution is 6.08. The number of fused-ring (bicyclic) bond motifs is 1. The molecule has 0 saturated carbocycles. The Labute approximate surface area is 123 Å². The van der Waals surface area contributed by atoms with Gasteiger partial charge in [-0.2, -0.15) is 0 Å². The van der Waals surface area contributed by atoms with Crippen LogP contribution in [0, 0.1) is 12.7 Å². The average molecular weight is 284 g/mol. The van der Waals surface area contributed by atoms with Gasteiger partial charge in [-0.15, -0.1) is 0 Å². The van der Waals surface area contributed by atoms with Gasteiger partial charge in [0.25, 0.3) is 5.91 Å². The molecule has 2 aromatic rings. The van der Waals surface area contributed by atoms with Crippen molar-refractivity contribution >= 4 is 17.3 Å². The van der Waals surface area contributed by atoms with Crippen LogP contribution in [0.5, 0.6) is 0 Å². The lowest BCUT2D eigenvalue weighted by Crippen LogP contribution is -2.20. The summed E-state index contributed by atoms with van der Waals surface area (Å²) in [6.45, 7) is 2.63. The zero-order valence-corrected chi connectivity index (χ0v) is 11.9. The van der Waals surface area contributed by atoms with Gasteiger partial charge in [0.2, 0.25) is 0 Å². The standard InChI is InChI=1S/C17H17FN2O/c1-11-5-2-9-14(18)15(11)20-17(21)13-8-3-6-12-7-4-10-19-16(12)13/h2-3,5-6,8-9,19H,4,7,10H2,1H3,(H,20,21). The second-order valence-corrected chi connectivity index (χ2v) is 5.26. The van der Waals surface area contributed by atoms with E-state index in [9.17, 15) is 9.18 Å². The molecule has 1 aliphatic heterocycles. The van der Waals surface area contributed by atoms with E-state index in [2.05, 4.69) is 10.6 Å². The highest BCUT2D eigenvalue weighted by Gasteiger charge is 2.18. The molecule has 1 aliphatic rings. The van der Waals surface area contributed by atoms with Gasteiger partial charge in [-0.3, -0.25) is 4.79 Å². The summed E-state index contributed by atoms with van der Waals surface area (Å²) >= 11 is 0. The molecular formula is C17H17FN2O. The lowest BCUT2D eigenvalue weighted by atomic mass is 9.99. The van der Waals surface area contributed by atoms with Crippen LogP contribution in [0.4, 0.5) is 15.8 Å². The number of halogens is 1. The Kier molecular flexibility index (Phi) is 3.60. The fraction of sp³-hybridized carbons (Fsp3) is 0.235. The SMILES string of the molecule is Cc1cccc(F)c1NC(=O)c1cccc2c1NCCC2. The van der Waals surface area contributed by atoms with Crippen molar-refractivity contribution in [2.24, 2.45) is 0 Å². The molecule has 0 bridgehead atoms. The van der Waals surface area contributed by atoms with Gasteiger partial charge in [-0.1, -0.05) is 24.3 Å². The Bertz CT molecular complexity index is 677. The number of carbonyl (C=O) groups excluding carboxylic acids is 1. The average Bonchev–Trinajstić information content (AvgIpc) is 2.50. The number of benzene rings is 2. The minimum atomic E-state index is -0.416. The molecule has 108 valence electrons. The largest absolute Gasteiger partial charge is 0.384 e. The van der Waals surface area contributed by atoms with E-state index in [0.29, 0.717) is 11.1 Å². The molecule has 3 rings (SSSR count). The maximum Gasteiger partial charge on any atom is 0.257 e. The Balaban J connectivity index is 1.93. The molecule has 4 heteroatoms. The zero-order valence-electron chi connectivity index (χ0n) is 11.9. The van der Waals surface area contributed by atoms with E-state index >= 15 is 0 Å². The Morgan fingerprint density at radius 1 is 1.24 bits per heavy atom. The molecule has 0 atom stereocenters. The highest BCUT2D eigenvalue weighted by Crippen LogP contribution is 2.27. The molecule has 0 fully saturated rings. The van der Waals surface area contributed by atoms with Crippen LogP contribution < -0.4 is 10.6 Å². The van der Waals surface area contributed by atoms with E-state index in [0.717, 1.165) is 30.6 Å². The summed E-state index contributed by atoms with van der Waals surface area (Å²) in [6, 6.07) is 10.4. The van der Waals surface area contributed by atoms with Crippen molar-refractivity contribution in [3.8, 4) is 0 Å². The Morgan fingerprint density at radius 2 is 2.05 bits per heavy atom. The summed E-state index contributed by atoms with van der Waals surface area (Å²) in [7, 11) is 0. The van der Waals surface area contributed by atoms with Crippen molar-refractivity contribution in [3.05, 3.63) is 58.9 Å². The van der Waals surface area contributed by atoms with E-state index in [1.165, 1.54) is 6.07 Å². The summed E-state index contributed by atoms with van der Waals surface area (Å²) in [5.74, 6) is -0.699. The molecule has 0 radical (unpaired) electrons. The van der Waals surface area contributed by atoms with Gasteiger partial charge in [0.05, 0.1) is 16.9 Å². The lowest BCUT2D eigenvalue weighted by molar-refractivity contribution is 0.102. The Morgan fingerprint density at radius 3 is 2.86 bits per heavy atom. The van der Waals surface area contributed by atoms with Crippen LogP contribution in [0.15, 0.2) is 36.4 Å². The summed E-state index contributed by atoms with van der Waals surface area (Å²) in [6.07, 6.45) is 2.02. The van der Waals surface area contributed by atoms with Crippen LogP contribution in [-0.4, -0.2) is 12.5 Å². The third kappa shape index (κ3) is 2.61. The van der Waals surface area contributed by atoms with E-state index in [-0.39, 0.29) is 11.6 Å². The first-order valence-corrected chi connectivity index (χ1v) is 7.09. The maximum atomic E-state index is 13.8. The van der Waals surface area contributed by atoms with Crippen LogP contribution in [0.3, 0.4) is 0 Å². The van der Waals surface area contributed by atoms with Crippen molar-refractivity contribution in [1.29, 1.82) is 0 Å². The molecular weight excluding hydrogens is 267 g/mol. The zero-order chi connectivity index (χ0) is 14.8. The first-order chi connectivity index (χ1) is 10.2.